The van der Waals surface area contributed by atoms with Gasteiger partial charge in [0.25, 0.3) is 10.2 Å². The molecule has 0 saturated heterocycles. The van der Waals surface area contributed by atoms with Crippen LogP contribution in [0.3, 0.4) is 0 Å². The maximum absolute atomic E-state index is 12.0. The van der Waals surface area contributed by atoms with Crippen LogP contribution in [0.25, 0.3) is 16.6 Å². The molecule has 26 heavy (non-hydrogen) atoms. The molecule has 3 aliphatic rings. The number of rotatable bonds is 5. The van der Waals surface area contributed by atoms with Crippen LogP contribution in [0.4, 0.5) is 0 Å². The van der Waals surface area contributed by atoms with Gasteiger partial charge in [0.15, 0.2) is 0 Å². The zero-order valence-corrected chi connectivity index (χ0v) is 14.8. The summed E-state index contributed by atoms with van der Waals surface area (Å²) in [4.78, 5) is 7.39. The van der Waals surface area contributed by atoms with E-state index in [0.29, 0.717) is 18.6 Å². The minimum Gasteiger partial charge on any atom is -0.531 e. The largest absolute Gasteiger partial charge is 0.552 e. The number of H-pyrrole nitrogens is 1. The third-order valence-corrected chi connectivity index (χ3v) is 6.50. The number of hydrogen-bond acceptors (Lipinski definition) is 5. The van der Waals surface area contributed by atoms with Crippen LogP contribution < -0.4 is 14.1 Å². The molecule has 136 valence electrons. The number of allylic oxidation sites excluding steroid dienone is 1. The zero-order chi connectivity index (χ0) is 17.9. The van der Waals surface area contributed by atoms with E-state index in [9.17, 15) is 13.4 Å². The fourth-order valence-corrected chi connectivity index (χ4v) is 5.13. The molecule has 0 atom stereocenters. The van der Waals surface area contributed by atoms with Gasteiger partial charge in [0, 0.05) is 29.2 Å². The van der Waals surface area contributed by atoms with Crippen molar-refractivity contribution >= 4 is 33.9 Å². The second-order valence-electron chi connectivity index (χ2n) is 7.25. The van der Waals surface area contributed by atoms with Crippen molar-refractivity contribution in [3.8, 4) is 5.75 Å². The van der Waals surface area contributed by atoms with Gasteiger partial charge in [-0.15, -0.1) is 0 Å². The quantitative estimate of drug-likeness (QED) is 0.576. The Balaban J connectivity index is 1.36. The average molecular weight is 374 g/mol. The summed E-state index contributed by atoms with van der Waals surface area (Å²) in [6.07, 6.45) is 6.65. The summed E-state index contributed by atoms with van der Waals surface area (Å²) in [6.45, 7) is 0. The number of aromatic nitrogens is 2. The van der Waals surface area contributed by atoms with E-state index < -0.39 is 17.3 Å². The fraction of sp³-hybridized carbons (Fsp3) is 0.438. The third-order valence-electron chi connectivity index (χ3n) is 5.21. The van der Waals surface area contributed by atoms with Crippen molar-refractivity contribution < 1.29 is 18.1 Å². The molecule has 2 fully saturated rings. The molecule has 0 radical (unpaired) electrons. The number of aromatic amines is 1. The molecule has 2 aromatic rings. The Hall–Kier alpha value is -1.88. The predicted octanol–water partition coefficient (Wildman–Crippen LogP) is 0.723. The number of nitrogens with zero attached hydrogens (tertiary/aromatic N) is 1. The SMILES string of the molecule is O=S(=O)(NC1CC1)NC1CC(C2=CB(O)Oc3cnc4[nH]ccc4c32)C1. The van der Waals surface area contributed by atoms with Gasteiger partial charge in [-0.3, -0.25) is 0 Å². The molecule has 10 heteroatoms. The Bertz CT molecular complexity index is 995. The first kappa shape index (κ1) is 16.3. The minimum atomic E-state index is -3.44. The molecule has 0 spiro atoms. The van der Waals surface area contributed by atoms with Crippen molar-refractivity contribution in [2.24, 2.45) is 5.92 Å². The highest BCUT2D eigenvalue weighted by atomic mass is 32.2. The van der Waals surface area contributed by atoms with Gasteiger partial charge in [0.1, 0.15) is 11.4 Å². The number of fused-ring (bicyclic) bond motifs is 3. The van der Waals surface area contributed by atoms with Crippen LogP contribution in [0.5, 0.6) is 5.75 Å². The van der Waals surface area contributed by atoms with E-state index in [0.717, 1.165) is 35.0 Å². The molecule has 5 rings (SSSR count). The predicted molar refractivity (Wildman–Crippen MR) is 97.4 cm³/mol. The van der Waals surface area contributed by atoms with Crippen molar-refractivity contribution in [2.75, 3.05) is 0 Å². The Morgan fingerprint density at radius 1 is 1.27 bits per heavy atom. The van der Waals surface area contributed by atoms with Crippen LogP contribution in [0.2, 0.25) is 0 Å². The highest BCUT2D eigenvalue weighted by Gasteiger charge is 2.39. The van der Waals surface area contributed by atoms with Gasteiger partial charge in [0.2, 0.25) is 0 Å². The molecule has 8 nitrogen and oxygen atoms in total. The summed E-state index contributed by atoms with van der Waals surface area (Å²) in [5, 5.41) is 11.0. The van der Waals surface area contributed by atoms with E-state index in [1.807, 2.05) is 12.3 Å². The second kappa shape index (κ2) is 5.81. The fourth-order valence-electron chi connectivity index (χ4n) is 3.76. The van der Waals surface area contributed by atoms with Crippen molar-refractivity contribution in [3.63, 3.8) is 0 Å². The van der Waals surface area contributed by atoms with Crippen molar-refractivity contribution in [1.29, 1.82) is 0 Å². The molecule has 2 aromatic heterocycles. The van der Waals surface area contributed by atoms with Crippen LogP contribution >= 0.6 is 0 Å². The van der Waals surface area contributed by atoms with E-state index in [-0.39, 0.29) is 18.0 Å². The van der Waals surface area contributed by atoms with E-state index in [4.69, 9.17) is 4.65 Å². The maximum Gasteiger partial charge on any atom is 0.552 e. The lowest BCUT2D eigenvalue weighted by Crippen LogP contribution is -2.49. The maximum atomic E-state index is 12.0. The summed E-state index contributed by atoms with van der Waals surface area (Å²) in [7, 11) is -4.45. The number of hydrogen-bond donors (Lipinski definition) is 4. The summed E-state index contributed by atoms with van der Waals surface area (Å²) < 4.78 is 35.0. The Kier molecular flexibility index (Phi) is 3.65. The molecule has 0 amide bonds. The first-order valence-corrected chi connectivity index (χ1v) is 10.3. The highest BCUT2D eigenvalue weighted by Crippen LogP contribution is 2.46. The van der Waals surface area contributed by atoms with Crippen LogP contribution in [0.1, 0.15) is 31.2 Å². The lowest BCUT2D eigenvalue weighted by molar-refractivity contribution is 0.307. The van der Waals surface area contributed by atoms with Crippen LogP contribution in [0.15, 0.2) is 24.4 Å². The normalized spacial score (nSPS) is 25.4. The molecule has 1 aliphatic heterocycles. The first-order valence-electron chi connectivity index (χ1n) is 8.81. The summed E-state index contributed by atoms with van der Waals surface area (Å²) in [5.74, 6) is 2.44. The van der Waals surface area contributed by atoms with Crippen LogP contribution in [0, 0.1) is 5.92 Å². The molecule has 0 aromatic carbocycles. The Labute approximate surface area is 151 Å². The van der Waals surface area contributed by atoms with Crippen molar-refractivity contribution in [1.82, 2.24) is 19.4 Å². The lowest BCUT2D eigenvalue weighted by Gasteiger charge is -2.39. The molecule has 3 heterocycles. The monoisotopic (exact) mass is 374 g/mol. The smallest absolute Gasteiger partial charge is 0.531 e. The molecule has 0 unspecified atom stereocenters. The number of pyridine rings is 1. The summed E-state index contributed by atoms with van der Waals surface area (Å²) in [5.41, 5.74) is 2.69. The minimum absolute atomic E-state index is 0.0934. The zero-order valence-electron chi connectivity index (χ0n) is 14.0. The van der Waals surface area contributed by atoms with Gasteiger partial charge >= 0.3 is 7.12 Å². The molecule has 2 saturated carbocycles. The van der Waals surface area contributed by atoms with Gasteiger partial charge in [0.05, 0.1) is 6.20 Å². The van der Waals surface area contributed by atoms with E-state index in [1.165, 1.54) is 0 Å². The number of nitrogens with one attached hydrogen (secondary N) is 3. The Morgan fingerprint density at radius 3 is 2.81 bits per heavy atom. The van der Waals surface area contributed by atoms with E-state index in [1.54, 1.807) is 12.2 Å². The molecule has 0 bridgehead atoms. The summed E-state index contributed by atoms with van der Waals surface area (Å²) >= 11 is 0. The third kappa shape index (κ3) is 2.92. The topological polar surface area (TPSA) is 116 Å². The molecular weight excluding hydrogens is 355 g/mol. The van der Waals surface area contributed by atoms with Gasteiger partial charge in [-0.2, -0.15) is 17.9 Å². The molecular formula is C16H19BN4O4S. The second-order valence-corrected chi connectivity index (χ2v) is 8.72. The molecule has 2 aliphatic carbocycles. The average Bonchev–Trinajstić information content (AvgIpc) is 3.21. The standard InChI is InChI=1S/C16H19BN4O4S/c22-17-7-13(15-12-3-4-18-16(12)19-8-14(15)25-17)9-5-11(6-9)21-26(23,24)20-10-1-2-10/h3-4,7-11,20-22H,1-2,5-6H2,(H,18,19). The van der Waals surface area contributed by atoms with Crippen molar-refractivity contribution in [3.05, 3.63) is 30.0 Å². The Morgan fingerprint density at radius 2 is 2.04 bits per heavy atom. The van der Waals surface area contributed by atoms with Crippen LogP contribution in [-0.2, 0) is 10.2 Å². The lowest BCUT2D eigenvalue weighted by atomic mass is 9.68. The van der Waals surface area contributed by atoms with Gasteiger partial charge < -0.3 is 14.7 Å². The van der Waals surface area contributed by atoms with Crippen LogP contribution in [-0.4, -0.2) is 42.6 Å². The van der Waals surface area contributed by atoms with E-state index >= 15 is 0 Å². The molecule has 4 N–H and O–H groups in total. The first-order chi connectivity index (χ1) is 12.5. The highest BCUT2D eigenvalue weighted by molar-refractivity contribution is 7.87. The van der Waals surface area contributed by atoms with Gasteiger partial charge in [-0.1, -0.05) is 0 Å². The van der Waals surface area contributed by atoms with Gasteiger partial charge in [-0.05, 0) is 49.2 Å². The summed E-state index contributed by atoms with van der Waals surface area (Å²) in [6, 6.07) is 1.94. The van der Waals surface area contributed by atoms with E-state index in [2.05, 4.69) is 19.4 Å². The van der Waals surface area contributed by atoms with Gasteiger partial charge in [-0.25, -0.2) is 4.98 Å². The van der Waals surface area contributed by atoms with Crippen molar-refractivity contribution in [2.45, 2.75) is 37.8 Å².